The minimum absolute atomic E-state index is 0.00666. The van der Waals surface area contributed by atoms with E-state index in [1.807, 2.05) is 43.3 Å². The molecule has 0 bridgehead atoms. The van der Waals surface area contributed by atoms with Gasteiger partial charge in [0, 0.05) is 24.6 Å². The molecule has 0 heterocycles. The van der Waals surface area contributed by atoms with Gasteiger partial charge < -0.3 is 10.4 Å². The number of carbonyl (C=O) groups is 1. The molecule has 0 spiro atoms. The summed E-state index contributed by atoms with van der Waals surface area (Å²) in [7, 11) is 0. The van der Waals surface area contributed by atoms with Crippen molar-refractivity contribution in [2.45, 2.75) is 45.2 Å². The fraction of sp³-hybridized carbons (Fsp3) is 0.350. The summed E-state index contributed by atoms with van der Waals surface area (Å²) >= 11 is 0. The number of benzene rings is 2. The summed E-state index contributed by atoms with van der Waals surface area (Å²) in [6.45, 7) is 2.41. The van der Waals surface area contributed by atoms with E-state index in [9.17, 15) is 9.18 Å². The van der Waals surface area contributed by atoms with E-state index in [-0.39, 0.29) is 18.3 Å². The molecule has 0 aliphatic heterocycles. The summed E-state index contributed by atoms with van der Waals surface area (Å²) in [5.41, 5.74) is 2.80. The molecule has 0 saturated heterocycles. The van der Waals surface area contributed by atoms with Crippen molar-refractivity contribution in [2.24, 2.45) is 0 Å². The van der Waals surface area contributed by atoms with Crippen LogP contribution < -0.4 is 5.32 Å². The lowest BCUT2D eigenvalue weighted by Crippen LogP contribution is -2.32. The van der Waals surface area contributed by atoms with E-state index in [1.54, 1.807) is 6.07 Å². The highest BCUT2D eigenvalue weighted by molar-refractivity contribution is 5.66. The first-order valence-electron chi connectivity index (χ1n) is 8.35. The standard InChI is InChI=1S/C20H24FNO2/c1-2-16-9-6-10-19(21)18(16)14-22-17(11-12-20(23)24)13-15-7-4-3-5-8-15/h3-10,17,22H,2,11-14H2,1H3,(H,23,24). The van der Waals surface area contributed by atoms with Gasteiger partial charge >= 0.3 is 5.97 Å². The lowest BCUT2D eigenvalue weighted by molar-refractivity contribution is -0.137. The highest BCUT2D eigenvalue weighted by Gasteiger charge is 2.14. The van der Waals surface area contributed by atoms with E-state index < -0.39 is 5.97 Å². The molecular weight excluding hydrogens is 305 g/mol. The molecule has 0 saturated carbocycles. The van der Waals surface area contributed by atoms with Gasteiger partial charge in [0.25, 0.3) is 0 Å². The largest absolute Gasteiger partial charge is 0.481 e. The Morgan fingerprint density at radius 1 is 1.17 bits per heavy atom. The minimum Gasteiger partial charge on any atom is -0.481 e. The zero-order valence-electron chi connectivity index (χ0n) is 14.0. The molecule has 0 aromatic heterocycles. The third kappa shape index (κ3) is 5.46. The molecule has 1 unspecified atom stereocenters. The molecule has 0 aliphatic rings. The SMILES string of the molecule is CCc1cccc(F)c1CNC(CCC(=O)O)Cc1ccccc1. The molecular formula is C20H24FNO2. The van der Waals surface area contributed by atoms with E-state index in [1.165, 1.54) is 6.07 Å². The molecule has 3 nitrogen and oxygen atoms in total. The second kappa shape index (κ2) is 9.18. The number of hydrogen-bond acceptors (Lipinski definition) is 2. The van der Waals surface area contributed by atoms with Crippen LogP contribution in [-0.4, -0.2) is 17.1 Å². The molecule has 0 radical (unpaired) electrons. The number of rotatable bonds is 9. The van der Waals surface area contributed by atoms with Gasteiger partial charge in [-0.25, -0.2) is 4.39 Å². The molecule has 1 atom stereocenters. The zero-order valence-corrected chi connectivity index (χ0v) is 14.0. The molecule has 4 heteroatoms. The van der Waals surface area contributed by atoms with Crippen molar-refractivity contribution in [3.8, 4) is 0 Å². The van der Waals surface area contributed by atoms with Crippen LogP contribution in [0.3, 0.4) is 0 Å². The Morgan fingerprint density at radius 2 is 1.92 bits per heavy atom. The first-order valence-corrected chi connectivity index (χ1v) is 8.35. The molecule has 0 aliphatic carbocycles. The summed E-state index contributed by atoms with van der Waals surface area (Å²) in [4.78, 5) is 10.9. The Morgan fingerprint density at radius 3 is 2.58 bits per heavy atom. The quantitative estimate of drug-likeness (QED) is 0.732. The molecule has 0 fully saturated rings. The minimum atomic E-state index is -0.810. The maximum absolute atomic E-state index is 14.1. The van der Waals surface area contributed by atoms with E-state index in [0.29, 0.717) is 18.5 Å². The summed E-state index contributed by atoms with van der Waals surface area (Å²) in [6, 6.07) is 15.1. The Bertz CT molecular complexity index is 658. The van der Waals surface area contributed by atoms with E-state index in [2.05, 4.69) is 5.32 Å². The summed E-state index contributed by atoms with van der Waals surface area (Å²) in [5, 5.41) is 12.3. The van der Waals surface area contributed by atoms with Crippen molar-refractivity contribution in [3.63, 3.8) is 0 Å². The first-order chi connectivity index (χ1) is 11.6. The van der Waals surface area contributed by atoms with Crippen molar-refractivity contribution >= 4 is 5.97 Å². The van der Waals surface area contributed by atoms with Crippen molar-refractivity contribution in [2.75, 3.05) is 0 Å². The van der Waals surface area contributed by atoms with Crippen LogP contribution in [0, 0.1) is 5.82 Å². The topological polar surface area (TPSA) is 49.3 Å². The second-order valence-corrected chi connectivity index (χ2v) is 5.93. The number of carboxylic acids is 1. The van der Waals surface area contributed by atoms with Crippen LogP contribution in [0.4, 0.5) is 4.39 Å². The van der Waals surface area contributed by atoms with E-state index in [4.69, 9.17) is 5.11 Å². The number of halogens is 1. The summed E-state index contributed by atoms with van der Waals surface area (Å²) < 4.78 is 14.1. The zero-order chi connectivity index (χ0) is 17.4. The van der Waals surface area contributed by atoms with Crippen molar-refractivity contribution in [1.29, 1.82) is 0 Å². The monoisotopic (exact) mass is 329 g/mol. The smallest absolute Gasteiger partial charge is 0.303 e. The average molecular weight is 329 g/mol. The number of carboxylic acid groups (broad SMARTS) is 1. The highest BCUT2D eigenvalue weighted by atomic mass is 19.1. The first kappa shape index (κ1) is 18.1. The molecule has 2 aromatic rings. The normalized spacial score (nSPS) is 12.1. The van der Waals surface area contributed by atoms with Gasteiger partial charge in [-0.15, -0.1) is 0 Å². The summed E-state index contributed by atoms with van der Waals surface area (Å²) in [6.07, 6.45) is 2.11. The Labute approximate surface area is 142 Å². The van der Waals surface area contributed by atoms with Crippen molar-refractivity contribution < 1.29 is 14.3 Å². The third-order valence-corrected chi connectivity index (χ3v) is 4.20. The Hall–Kier alpha value is -2.20. The maximum atomic E-state index is 14.1. The maximum Gasteiger partial charge on any atom is 0.303 e. The fourth-order valence-electron chi connectivity index (χ4n) is 2.85. The van der Waals surface area contributed by atoms with Gasteiger partial charge in [0.05, 0.1) is 0 Å². The molecule has 2 rings (SSSR count). The Kier molecular flexibility index (Phi) is 6.94. The van der Waals surface area contributed by atoms with Crippen molar-refractivity contribution in [3.05, 3.63) is 71.0 Å². The fourth-order valence-corrected chi connectivity index (χ4v) is 2.85. The number of nitrogens with one attached hydrogen (secondary N) is 1. The molecule has 2 aromatic carbocycles. The Balaban J connectivity index is 2.06. The van der Waals surface area contributed by atoms with E-state index in [0.717, 1.165) is 24.0 Å². The van der Waals surface area contributed by atoms with Gasteiger partial charge in [0.15, 0.2) is 0 Å². The molecule has 128 valence electrons. The van der Waals surface area contributed by atoms with Crippen LogP contribution in [0.15, 0.2) is 48.5 Å². The van der Waals surface area contributed by atoms with Crippen LogP contribution in [0.25, 0.3) is 0 Å². The van der Waals surface area contributed by atoms with Crippen LogP contribution >= 0.6 is 0 Å². The van der Waals surface area contributed by atoms with Crippen LogP contribution in [0.5, 0.6) is 0 Å². The second-order valence-electron chi connectivity index (χ2n) is 5.93. The number of hydrogen-bond donors (Lipinski definition) is 2. The number of aryl methyl sites for hydroxylation is 1. The third-order valence-electron chi connectivity index (χ3n) is 4.20. The van der Waals surface area contributed by atoms with E-state index >= 15 is 0 Å². The average Bonchev–Trinajstić information content (AvgIpc) is 2.58. The van der Waals surface area contributed by atoms with Gasteiger partial charge in [-0.3, -0.25) is 4.79 Å². The predicted molar refractivity (Wildman–Crippen MR) is 93.4 cm³/mol. The lowest BCUT2D eigenvalue weighted by atomic mass is 10.00. The van der Waals surface area contributed by atoms with Crippen LogP contribution in [0.1, 0.15) is 36.5 Å². The number of aliphatic carboxylic acids is 1. The molecule has 2 N–H and O–H groups in total. The molecule has 0 amide bonds. The predicted octanol–water partition coefficient (Wildman–Crippen LogP) is 3.95. The van der Waals surface area contributed by atoms with Gasteiger partial charge in [-0.2, -0.15) is 0 Å². The van der Waals surface area contributed by atoms with Crippen molar-refractivity contribution in [1.82, 2.24) is 5.32 Å². The van der Waals surface area contributed by atoms with Crippen LogP contribution in [0.2, 0.25) is 0 Å². The lowest BCUT2D eigenvalue weighted by Gasteiger charge is -2.20. The van der Waals surface area contributed by atoms with Gasteiger partial charge in [-0.1, -0.05) is 49.4 Å². The highest BCUT2D eigenvalue weighted by Crippen LogP contribution is 2.16. The van der Waals surface area contributed by atoms with Gasteiger partial charge in [0.2, 0.25) is 0 Å². The van der Waals surface area contributed by atoms with Gasteiger partial charge in [-0.05, 0) is 36.5 Å². The van der Waals surface area contributed by atoms with Crippen LogP contribution in [-0.2, 0) is 24.2 Å². The molecule has 24 heavy (non-hydrogen) atoms. The van der Waals surface area contributed by atoms with Gasteiger partial charge in [0.1, 0.15) is 5.82 Å². The summed E-state index contributed by atoms with van der Waals surface area (Å²) in [5.74, 6) is -1.02.